The number of nitrogens with zero attached hydrogens (tertiary/aromatic N) is 3. The summed E-state index contributed by atoms with van der Waals surface area (Å²) in [5.41, 5.74) is 9.83. The van der Waals surface area contributed by atoms with E-state index in [0.717, 1.165) is 0 Å². The Kier molecular flexibility index (Phi) is 6.36. The van der Waals surface area contributed by atoms with Gasteiger partial charge in [0, 0.05) is 10.5 Å². The number of halogens is 1. The summed E-state index contributed by atoms with van der Waals surface area (Å²) in [6.45, 7) is 3.82. The number of carbonyl (C=O) groups is 1. The monoisotopic (exact) mass is 355 g/mol. The Bertz CT molecular complexity index is 870. The van der Waals surface area contributed by atoms with Crippen LogP contribution in [0.2, 0.25) is 0 Å². The topological polar surface area (TPSA) is 84.3 Å². The van der Waals surface area contributed by atoms with E-state index in [2.05, 4.69) is 10.0 Å². The number of ether oxygens (including phenoxy) is 2. The molecular weight excluding hydrogens is 337 g/mol. The summed E-state index contributed by atoms with van der Waals surface area (Å²) < 4.78 is 24.1. The third-order valence-corrected chi connectivity index (χ3v) is 3.39. The van der Waals surface area contributed by atoms with E-state index in [1.54, 1.807) is 24.3 Å². The fourth-order valence-corrected chi connectivity index (χ4v) is 2.28. The number of azide groups is 1. The molecule has 0 unspecified atom stereocenters. The summed E-state index contributed by atoms with van der Waals surface area (Å²) in [4.78, 5) is 14.8. The van der Waals surface area contributed by atoms with Gasteiger partial charge in [0.1, 0.15) is 5.75 Å². The molecule has 0 aliphatic carbocycles. The summed E-state index contributed by atoms with van der Waals surface area (Å²) in [6, 6.07) is 11.0. The van der Waals surface area contributed by atoms with Gasteiger partial charge in [0.05, 0.1) is 13.2 Å². The Morgan fingerprint density at radius 2 is 1.92 bits per heavy atom. The van der Waals surface area contributed by atoms with Crippen molar-refractivity contribution < 1.29 is 18.7 Å². The Balaban J connectivity index is 2.46. The second-order valence-corrected chi connectivity index (χ2v) is 5.64. The van der Waals surface area contributed by atoms with Crippen molar-refractivity contribution in [2.45, 2.75) is 20.0 Å². The van der Waals surface area contributed by atoms with Crippen LogP contribution in [0.1, 0.15) is 25.0 Å². The molecule has 0 aromatic heterocycles. The molecule has 0 spiro atoms. The molecular formula is C19H18FN3O3. The lowest BCUT2D eigenvalue weighted by molar-refractivity contribution is -0.112. The van der Waals surface area contributed by atoms with Gasteiger partial charge in [-0.25, -0.2) is 4.39 Å². The molecule has 0 heterocycles. The molecule has 0 N–H and O–H groups in total. The molecule has 2 aromatic carbocycles. The number of rotatable bonds is 6. The predicted octanol–water partition coefficient (Wildman–Crippen LogP) is 5.00. The number of amides is 1. The van der Waals surface area contributed by atoms with E-state index in [1.807, 2.05) is 13.8 Å². The molecule has 0 aliphatic rings. The first-order valence-corrected chi connectivity index (χ1v) is 7.86. The Hall–Kier alpha value is -3.31. The van der Waals surface area contributed by atoms with E-state index < -0.39 is 11.7 Å². The molecule has 0 saturated carbocycles. The maximum atomic E-state index is 13.6. The van der Waals surface area contributed by atoms with E-state index in [4.69, 9.17) is 15.0 Å². The first-order valence-electron chi connectivity index (χ1n) is 7.86. The second kappa shape index (κ2) is 8.69. The van der Waals surface area contributed by atoms with Crippen LogP contribution in [0.25, 0.3) is 22.1 Å². The Labute approximate surface area is 150 Å². The quantitative estimate of drug-likeness (QED) is 0.240. The van der Waals surface area contributed by atoms with Crippen LogP contribution in [-0.2, 0) is 4.79 Å². The van der Waals surface area contributed by atoms with Crippen LogP contribution in [0, 0.1) is 5.82 Å². The molecule has 0 radical (unpaired) electrons. The van der Waals surface area contributed by atoms with E-state index in [1.165, 1.54) is 31.4 Å². The average Bonchev–Trinajstić information content (AvgIpc) is 2.61. The average molecular weight is 355 g/mol. The molecule has 134 valence electrons. The van der Waals surface area contributed by atoms with E-state index in [-0.39, 0.29) is 17.4 Å². The van der Waals surface area contributed by atoms with Gasteiger partial charge in [0.15, 0.2) is 11.6 Å². The standard InChI is InChI=1S/C19H18FN3O3/c1-12(2)26-15-7-5-14(6-8-15)16(19(24)22-23-21)10-13-4-9-17(20)18(11-13)25-3/h4-12H,1-3H3. The van der Waals surface area contributed by atoms with E-state index in [9.17, 15) is 9.18 Å². The number of hydrogen-bond donors (Lipinski definition) is 0. The van der Waals surface area contributed by atoms with Crippen LogP contribution in [0.5, 0.6) is 11.5 Å². The minimum absolute atomic E-state index is 0.0207. The molecule has 1 amide bonds. The molecule has 2 aromatic rings. The van der Waals surface area contributed by atoms with Gasteiger partial charge in [-0.05, 0) is 66.0 Å². The van der Waals surface area contributed by atoms with Gasteiger partial charge in [-0.3, -0.25) is 4.79 Å². The highest BCUT2D eigenvalue weighted by Gasteiger charge is 2.12. The third-order valence-electron chi connectivity index (χ3n) is 3.39. The number of carbonyl (C=O) groups excluding carboxylic acids is 1. The zero-order valence-corrected chi connectivity index (χ0v) is 14.6. The molecule has 0 aliphatic heterocycles. The van der Waals surface area contributed by atoms with Crippen LogP contribution < -0.4 is 9.47 Å². The van der Waals surface area contributed by atoms with Crippen LogP contribution in [0.4, 0.5) is 4.39 Å². The largest absolute Gasteiger partial charge is 0.494 e. The van der Waals surface area contributed by atoms with Crippen molar-refractivity contribution in [2.75, 3.05) is 7.11 Å². The minimum atomic E-state index is -0.742. The van der Waals surface area contributed by atoms with Gasteiger partial charge >= 0.3 is 0 Å². The Morgan fingerprint density at radius 1 is 1.23 bits per heavy atom. The van der Waals surface area contributed by atoms with Crippen molar-refractivity contribution >= 4 is 17.6 Å². The molecule has 6 nitrogen and oxygen atoms in total. The SMILES string of the molecule is COc1cc(C=C(C(=O)N=[N+]=[N-])c2ccc(OC(C)C)cc2)ccc1F. The molecule has 7 heteroatoms. The van der Waals surface area contributed by atoms with Gasteiger partial charge in [0.2, 0.25) is 5.91 Å². The van der Waals surface area contributed by atoms with Gasteiger partial charge in [-0.1, -0.05) is 18.2 Å². The van der Waals surface area contributed by atoms with E-state index >= 15 is 0 Å². The summed E-state index contributed by atoms with van der Waals surface area (Å²) in [5, 5.41) is 3.17. The Morgan fingerprint density at radius 3 is 2.50 bits per heavy atom. The minimum Gasteiger partial charge on any atom is -0.494 e. The van der Waals surface area contributed by atoms with Crippen molar-refractivity contribution in [2.24, 2.45) is 5.11 Å². The molecule has 26 heavy (non-hydrogen) atoms. The first-order chi connectivity index (χ1) is 12.4. The van der Waals surface area contributed by atoms with Gasteiger partial charge in [0.25, 0.3) is 0 Å². The lowest BCUT2D eigenvalue weighted by Gasteiger charge is -2.11. The maximum Gasteiger partial charge on any atom is 0.249 e. The fraction of sp³-hybridized carbons (Fsp3) is 0.211. The molecule has 0 fully saturated rings. The van der Waals surface area contributed by atoms with Gasteiger partial charge in [-0.15, -0.1) is 0 Å². The van der Waals surface area contributed by atoms with E-state index in [0.29, 0.717) is 16.9 Å². The zero-order valence-electron chi connectivity index (χ0n) is 14.6. The maximum absolute atomic E-state index is 13.6. The van der Waals surface area contributed by atoms with Gasteiger partial charge < -0.3 is 9.47 Å². The lowest BCUT2D eigenvalue weighted by Crippen LogP contribution is -2.05. The van der Waals surface area contributed by atoms with Crippen molar-refractivity contribution in [3.05, 3.63) is 69.9 Å². The van der Waals surface area contributed by atoms with Crippen LogP contribution in [-0.4, -0.2) is 19.1 Å². The number of benzene rings is 2. The summed E-state index contributed by atoms with van der Waals surface area (Å²) in [5.74, 6) is -0.547. The highest BCUT2D eigenvalue weighted by Crippen LogP contribution is 2.25. The fourth-order valence-electron chi connectivity index (χ4n) is 2.28. The summed E-state index contributed by atoms with van der Waals surface area (Å²) >= 11 is 0. The predicted molar refractivity (Wildman–Crippen MR) is 97.2 cm³/mol. The van der Waals surface area contributed by atoms with Crippen LogP contribution in [0.3, 0.4) is 0 Å². The lowest BCUT2D eigenvalue weighted by atomic mass is 10.0. The van der Waals surface area contributed by atoms with Crippen molar-refractivity contribution in [3.63, 3.8) is 0 Å². The number of hydrogen-bond acceptors (Lipinski definition) is 3. The van der Waals surface area contributed by atoms with Crippen molar-refractivity contribution in [3.8, 4) is 11.5 Å². The third kappa shape index (κ3) is 4.84. The second-order valence-electron chi connectivity index (χ2n) is 5.64. The molecule has 2 rings (SSSR count). The van der Waals surface area contributed by atoms with Gasteiger partial charge in [-0.2, -0.15) is 0 Å². The smallest absolute Gasteiger partial charge is 0.249 e. The van der Waals surface area contributed by atoms with Crippen molar-refractivity contribution in [1.82, 2.24) is 0 Å². The first kappa shape index (κ1) is 19.0. The highest BCUT2D eigenvalue weighted by molar-refractivity contribution is 6.24. The zero-order chi connectivity index (χ0) is 19.1. The molecule has 0 bridgehead atoms. The summed E-state index contributed by atoms with van der Waals surface area (Å²) in [7, 11) is 1.35. The van der Waals surface area contributed by atoms with Crippen molar-refractivity contribution in [1.29, 1.82) is 0 Å². The molecule has 0 atom stereocenters. The summed E-state index contributed by atoms with van der Waals surface area (Å²) in [6.07, 6.45) is 1.53. The normalized spacial score (nSPS) is 11.0. The molecule has 0 saturated heterocycles. The number of methoxy groups -OCH3 is 1. The van der Waals surface area contributed by atoms with Crippen LogP contribution >= 0.6 is 0 Å². The van der Waals surface area contributed by atoms with Crippen LogP contribution in [0.15, 0.2) is 47.6 Å². The highest BCUT2D eigenvalue weighted by atomic mass is 19.1.